The molecule has 7 heteroatoms. The van der Waals surface area contributed by atoms with E-state index in [1.54, 1.807) is 0 Å². The minimum Gasteiger partial charge on any atom is -0.332 e. The summed E-state index contributed by atoms with van der Waals surface area (Å²) < 4.78 is 7.26. The van der Waals surface area contributed by atoms with Gasteiger partial charge in [0.05, 0.1) is 12.2 Å². The Balaban J connectivity index is 1.50. The Hall–Kier alpha value is -1.76. The van der Waals surface area contributed by atoms with Crippen LogP contribution < -0.4 is 5.32 Å². The lowest BCUT2D eigenvalue weighted by molar-refractivity contribution is 0.313. The molecule has 21 heavy (non-hydrogen) atoms. The summed E-state index contributed by atoms with van der Waals surface area (Å²) in [4.78, 5) is 4.54. The number of nitrogens with one attached hydrogen (secondary N) is 1. The maximum atomic E-state index is 5.38. The van der Waals surface area contributed by atoms with Gasteiger partial charge in [-0.15, -0.1) is 5.10 Å². The molecule has 1 saturated heterocycles. The average Bonchev–Trinajstić information content (AvgIpc) is 3.16. The molecule has 1 aliphatic heterocycles. The van der Waals surface area contributed by atoms with E-state index < -0.39 is 0 Å². The molecular weight excluding hydrogens is 268 g/mol. The van der Waals surface area contributed by atoms with Crippen molar-refractivity contribution in [3.8, 4) is 11.6 Å². The number of hydrogen-bond acceptors (Lipinski definition) is 6. The van der Waals surface area contributed by atoms with Crippen LogP contribution >= 0.6 is 0 Å². The lowest BCUT2D eigenvalue weighted by Crippen LogP contribution is -2.43. The lowest BCUT2D eigenvalue weighted by Gasteiger charge is -2.26. The molecule has 0 radical (unpaired) electrons. The third-order valence-electron chi connectivity index (χ3n) is 4.79. The van der Waals surface area contributed by atoms with Crippen LogP contribution in [0, 0.1) is 5.92 Å². The molecular formula is C14H20N6O. The Morgan fingerprint density at radius 3 is 3.00 bits per heavy atom. The highest BCUT2D eigenvalue weighted by molar-refractivity contribution is 5.43. The van der Waals surface area contributed by atoms with Crippen molar-refractivity contribution < 1.29 is 4.52 Å². The third-order valence-corrected chi connectivity index (χ3v) is 4.79. The second-order valence-electron chi connectivity index (χ2n) is 6.14. The van der Waals surface area contributed by atoms with Gasteiger partial charge in [0, 0.05) is 19.0 Å². The van der Waals surface area contributed by atoms with E-state index in [0.29, 0.717) is 23.5 Å². The van der Waals surface area contributed by atoms with Gasteiger partial charge in [-0.1, -0.05) is 23.7 Å². The van der Waals surface area contributed by atoms with E-state index >= 15 is 0 Å². The van der Waals surface area contributed by atoms with Crippen molar-refractivity contribution in [1.82, 2.24) is 30.5 Å². The second-order valence-corrected chi connectivity index (χ2v) is 6.14. The number of aromatic nitrogens is 5. The molecule has 2 unspecified atom stereocenters. The molecule has 0 bridgehead atoms. The van der Waals surface area contributed by atoms with Crippen LogP contribution in [0.4, 0.5) is 0 Å². The van der Waals surface area contributed by atoms with E-state index in [4.69, 9.17) is 4.52 Å². The van der Waals surface area contributed by atoms with Gasteiger partial charge < -0.3 is 9.84 Å². The average molecular weight is 288 g/mol. The molecule has 2 atom stereocenters. The molecule has 1 N–H and O–H groups in total. The first-order valence-electron chi connectivity index (χ1n) is 7.80. The summed E-state index contributed by atoms with van der Waals surface area (Å²) in [6, 6.07) is 0.397. The number of hydrogen-bond donors (Lipinski definition) is 1. The molecule has 112 valence electrons. The molecule has 2 aliphatic rings. The zero-order valence-electron chi connectivity index (χ0n) is 12.2. The Kier molecular flexibility index (Phi) is 3.21. The van der Waals surface area contributed by atoms with Crippen molar-refractivity contribution in [2.75, 3.05) is 13.1 Å². The fourth-order valence-electron chi connectivity index (χ4n) is 3.20. The maximum absolute atomic E-state index is 5.38. The normalized spacial score (nSPS) is 26.1. The van der Waals surface area contributed by atoms with Gasteiger partial charge in [0.15, 0.2) is 11.5 Å². The Labute approximate surface area is 123 Å². The van der Waals surface area contributed by atoms with Crippen LogP contribution in [-0.4, -0.2) is 38.2 Å². The molecule has 1 saturated carbocycles. The lowest BCUT2D eigenvalue weighted by atomic mass is 10.0. The van der Waals surface area contributed by atoms with E-state index in [1.807, 2.05) is 10.9 Å². The minimum atomic E-state index is 0.397. The van der Waals surface area contributed by atoms with Crippen molar-refractivity contribution in [3.63, 3.8) is 0 Å². The molecule has 0 aromatic carbocycles. The molecule has 3 heterocycles. The van der Waals surface area contributed by atoms with Gasteiger partial charge in [0.1, 0.15) is 0 Å². The topological polar surface area (TPSA) is 81.7 Å². The van der Waals surface area contributed by atoms with Crippen LogP contribution in [0.3, 0.4) is 0 Å². The fraction of sp³-hybridized carbons (Fsp3) is 0.714. The zero-order chi connectivity index (χ0) is 14.2. The summed E-state index contributed by atoms with van der Waals surface area (Å²) in [7, 11) is 0. The summed E-state index contributed by atoms with van der Waals surface area (Å²) in [5, 5.41) is 15.7. The van der Waals surface area contributed by atoms with Crippen LogP contribution in [0.25, 0.3) is 11.6 Å². The van der Waals surface area contributed by atoms with Crippen molar-refractivity contribution in [3.05, 3.63) is 12.0 Å². The Morgan fingerprint density at radius 2 is 2.29 bits per heavy atom. The highest BCUT2D eigenvalue weighted by Gasteiger charge is 2.29. The zero-order valence-corrected chi connectivity index (χ0v) is 12.2. The van der Waals surface area contributed by atoms with E-state index in [9.17, 15) is 0 Å². The Bertz CT molecular complexity index is 617. The van der Waals surface area contributed by atoms with Gasteiger partial charge in [-0.25, -0.2) is 4.68 Å². The van der Waals surface area contributed by atoms with Crippen molar-refractivity contribution in [1.29, 1.82) is 0 Å². The predicted molar refractivity (Wildman–Crippen MR) is 75.6 cm³/mol. The van der Waals surface area contributed by atoms with Gasteiger partial charge in [-0.3, -0.25) is 0 Å². The first-order chi connectivity index (χ1) is 10.3. The first-order valence-corrected chi connectivity index (χ1v) is 7.80. The largest absolute Gasteiger partial charge is 0.332 e. The summed E-state index contributed by atoms with van der Waals surface area (Å²) >= 11 is 0. The van der Waals surface area contributed by atoms with Crippen LogP contribution in [0.1, 0.15) is 50.4 Å². The van der Waals surface area contributed by atoms with Crippen molar-refractivity contribution >= 4 is 0 Å². The first kappa shape index (κ1) is 12.9. The molecule has 1 aliphatic carbocycles. The molecule has 2 fully saturated rings. The SMILES string of the molecule is CCC1CCC(c2noc(-c3cn(C4CNC4)nn3)n2)C1. The van der Waals surface area contributed by atoms with E-state index in [0.717, 1.165) is 31.3 Å². The molecule has 7 nitrogen and oxygen atoms in total. The minimum absolute atomic E-state index is 0.397. The molecule has 0 spiro atoms. The summed E-state index contributed by atoms with van der Waals surface area (Å²) in [5.41, 5.74) is 0.672. The highest BCUT2D eigenvalue weighted by Crippen LogP contribution is 2.38. The van der Waals surface area contributed by atoms with Crippen LogP contribution in [0.5, 0.6) is 0 Å². The molecule has 2 aromatic rings. The van der Waals surface area contributed by atoms with Crippen LogP contribution in [0.15, 0.2) is 10.7 Å². The molecule has 0 amide bonds. The van der Waals surface area contributed by atoms with E-state index in [-0.39, 0.29) is 0 Å². The van der Waals surface area contributed by atoms with Gasteiger partial charge in [0.2, 0.25) is 0 Å². The second kappa shape index (κ2) is 5.22. The predicted octanol–water partition coefficient (Wildman–Crippen LogP) is 1.77. The third kappa shape index (κ3) is 2.35. The van der Waals surface area contributed by atoms with Gasteiger partial charge >= 0.3 is 0 Å². The van der Waals surface area contributed by atoms with Crippen LogP contribution in [0.2, 0.25) is 0 Å². The Morgan fingerprint density at radius 1 is 1.38 bits per heavy atom. The quantitative estimate of drug-likeness (QED) is 0.923. The van der Waals surface area contributed by atoms with Gasteiger partial charge in [-0.05, 0) is 25.2 Å². The number of nitrogens with zero attached hydrogens (tertiary/aromatic N) is 5. The fourth-order valence-corrected chi connectivity index (χ4v) is 3.20. The number of rotatable bonds is 4. The van der Waals surface area contributed by atoms with Gasteiger partial charge in [-0.2, -0.15) is 4.98 Å². The molecule has 2 aromatic heterocycles. The monoisotopic (exact) mass is 288 g/mol. The highest BCUT2D eigenvalue weighted by atomic mass is 16.5. The van der Waals surface area contributed by atoms with Crippen LogP contribution in [-0.2, 0) is 0 Å². The molecule has 4 rings (SSSR count). The van der Waals surface area contributed by atoms with Gasteiger partial charge in [0.25, 0.3) is 5.89 Å². The van der Waals surface area contributed by atoms with Crippen molar-refractivity contribution in [2.24, 2.45) is 5.92 Å². The van der Waals surface area contributed by atoms with E-state index in [1.165, 1.54) is 19.3 Å². The summed E-state index contributed by atoms with van der Waals surface area (Å²) in [6.07, 6.45) is 6.75. The summed E-state index contributed by atoms with van der Waals surface area (Å²) in [5.74, 6) is 2.58. The van der Waals surface area contributed by atoms with E-state index in [2.05, 4.69) is 32.7 Å². The van der Waals surface area contributed by atoms with Crippen molar-refractivity contribution in [2.45, 2.75) is 44.6 Å². The standard InChI is InChI=1S/C14H20N6O/c1-2-9-3-4-10(5-9)13-16-14(21-18-13)12-8-20(19-17-12)11-6-15-7-11/h8-11,15H,2-7H2,1H3. The smallest absolute Gasteiger partial charge is 0.280 e. The maximum Gasteiger partial charge on any atom is 0.280 e. The summed E-state index contributed by atoms with van der Waals surface area (Å²) in [6.45, 7) is 4.14.